The monoisotopic (exact) mass is 435 g/mol. The van der Waals surface area contributed by atoms with Crippen LogP contribution in [0.15, 0.2) is 70.5 Å². The number of halogens is 1. The molecule has 166 valence electrons. The molecule has 0 aliphatic heterocycles. The number of aryl methyl sites for hydroxylation is 1. The molecular weight excluding hydrogens is 409 g/mol. The van der Waals surface area contributed by atoms with Crippen molar-refractivity contribution < 1.29 is 9.18 Å². The van der Waals surface area contributed by atoms with Crippen molar-refractivity contribution in [2.75, 3.05) is 5.32 Å². The molecule has 0 saturated heterocycles. The van der Waals surface area contributed by atoms with Crippen LogP contribution in [-0.4, -0.2) is 21.8 Å². The third kappa shape index (κ3) is 6.34. The minimum absolute atomic E-state index is 0.0682. The Labute approximate surface area is 185 Å². The minimum Gasteiger partial charge on any atom is -0.326 e. The van der Waals surface area contributed by atoms with E-state index in [2.05, 4.69) is 25.6 Å². The molecule has 1 amide bonds. The number of hydrogen-bond acceptors (Lipinski definition) is 4. The second kappa shape index (κ2) is 11.0. The van der Waals surface area contributed by atoms with E-state index in [1.165, 1.54) is 30.3 Å². The van der Waals surface area contributed by atoms with Gasteiger partial charge in [-0.1, -0.05) is 50.6 Å². The summed E-state index contributed by atoms with van der Waals surface area (Å²) >= 11 is 0. The average molecular weight is 436 g/mol. The quantitative estimate of drug-likeness (QED) is 0.381. The van der Waals surface area contributed by atoms with Gasteiger partial charge < -0.3 is 5.32 Å². The summed E-state index contributed by atoms with van der Waals surface area (Å²) in [7, 11) is 0. The fraction of sp³-hybridized carbons (Fsp3) is 0.250. The number of carbonyl (C=O) groups is 1. The molecule has 0 aliphatic carbocycles. The van der Waals surface area contributed by atoms with Gasteiger partial charge in [0.1, 0.15) is 5.82 Å². The van der Waals surface area contributed by atoms with Gasteiger partial charge in [-0.05, 0) is 42.7 Å². The zero-order chi connectivity index (χ0) is 22.9. The standard InChI is InChI=1S/C24H26FN5O2/c1-3-8-19-15-21(31)28-23(27-19)30-24(26-18-13-11-17(25)12-14-18)29-22(32)20(4-2)16-9-6-5-7-10-16/h5-7,9-15,20H,3-4,8H2,1-2H3,(H3,26,27,28,29,30,31,32)/t20-/m1/s1. The Kier molecular flexibility index (Phi) is 7.85. The van der Waals surface area contributed by atoms with Crippen LogP contribution in [-0.2, 0) is 11.2 Å². The van der Waals surface area contributed by atoms with E-state index < -0.39 is 5.92 Å². The Bertz CT molecular complexity index is 1130. The fourth-order valence-corrected chi connectivity index (χ4v) is 3.26. The van der Waals surface area contributed by atoms with Crippen LogP contribution in [0.3, 0.4) is 0 Å². The highest BCUT2D eigenvalue weighted by Gasteiger charge is 2.20. The number of rotatable bonds is 7. The normalized spacial score (nSPS) is 12.3. The predicted octanol–water partition coefficient (Wildman–Crippen LogP) is 4.27. The lowest BCUT2D eigenvalue weighted by Gasteiger charge is -2.17. The van der Waals surface area contributed by atoms with E-state index in [9.17, 15) is 14.0 Å². The van der Waals surface area contributed by atoms with Crippen molar-refractivity contribution in [2.24, 2.45) is 4.99 Å². The third-order valence-corrected chi connectivity index (χ3v) is 4.78. The Balaban J connectivity index is 1.93. The predicted molar refractivity (Wildman–Crippen MR) is 124 cm³/mol. The number of benzene rings is 2. The maximum absolute atomic E-state index is 13.3. The summed E-state index contributed by atoms with van der Waals surface area (Å²) in [5, 5.41) is 5.77. The molecule has 2 aromatic carbocycles. The summed E-state index contributed by atoms with van der Waals surface area (Å²) in [6.45, 7) is 3.91. The number of aliphatic imine (C=N–C) groups is 1. The number of hydrogen-bond donors (Lipinski definition) is 3. The maximum atomic E-state index is 13.3. The molecule has 1 atom stereocenters. The Morgan fingerprint density at radius 3 is 2.50 bits per heavy atom. The third-order valence-electron chi connectivity index (χ3n) is 4.78. The van der Waals surface area contributed by atoms with Crippen molar-refractivity contribution in [1.29, 1.82) is 0 Å². The number of H-pyrrole nitrogens is 1. The van der Waals surface area contributed by atoms with Crippen LogP contribution in [0.4, 0.5) is 16.0 Å². The molecule has 0 aliphatic rings. The number of aromatic amines is 1. The number of amides is 1. The van der Waals surface area contributed by atoms with Crippen molar-refractivity contribution in [3.63, 3.8) is 0 Å². The summed E-state index contributed by atoms with van der Waals surface area (Å²) in [4.78, 5) is 36.4. The first kappa shape index (κ1) is 22.9. The molecule has 0 saturated carbocycles. The van der Waals surface area contributed by atoms with Gasteiger partial charge in [0.05, 0.1) is 5.92 Å². The molecule has 8 heteroatoms. The molecule has 0 radical (unpaired) electrons. The van der Waals surface area contributed by atoms with Crippen LogP contribution in [0.5, 0.6) is 0 Å². The fourth-order valence-electron chi connectivity index (χ4n) is 3.26. The van der Waals surface area contributed by atoms with Crippen molar-refractivity contribution in [1.82, 2.24) is 15.3 Å². The maximum Gasteiger partial charge on any atom is 0.252 e. The Hall–Kier alpha value is -3.81. The molecule has 0 spiro atoms. The van der Waals surface area contributed by atoms with Crippen molar-refractivity contribution in [3.05, 3.63) is 88.1 Å². The highest BCUT2D eigenvalue weighted by Crippen LogP contribution is 2.19. The molecule has 1 heterocycles. The van der Waals surface area contributed by atoms with Crippen LogP contribution in [0.25, 0.3) is 0 Å². The first-order chi connectivity index (χ1) is 15.5. The number of carbonyl (C=O) groups excluding carboxylic acids is 1. The van der Waals surface area contributed by atoms with Gasteiger partial charge in [-0.15, -0.1) is 0 Å². The SMILES string of the molecule is CCCc1cc(=O)[nH]c(N=C(NC(=O)[C@H](CC)c2ccccc2)Nc2ccc(F)cc2)n1. The van der Waals surface area contributed by atoms with Gasteiger partial charge in [0, 0.05) is 17.4 Å². The van der Waals surface area contributed by atoms with Gasteiger partial charge in [-0.3, -0.25) is 19.9 Å². The van der Waals surface area contributed by atoms with Crippen LogP contribution in [0, 0.1) is 5.82 Å². The van der Waals surface area contributed by atoms with Gasteiger partial charge in [-0.2, -0.15) is 4.99 Å². The lowest BCUT2D eigenvalue weighted by Crippen LogP contribution is -2.39. The topological polar surface area (TPSA) is 99.2 Å². The van der Waals surface area contributed by atoms with Gasteiger partial charge >= 0.3 is 0 Å². The van der Waals surface area contributed by atoms with Gasteiger partial charge in [0.25, 0.3) is 5.56 Å². The molecule has 0 unspecified atom stereocenters. The first-order valence-corrected chi connectivity index (χ1v) is 10.6. The summed E-state index contributed by atoms with van der Waals surface area (Å²) in [6, 6.07) is 16.5. The number of nitrogens with zero attached hydrogens (tertiary/aromatic N) is 2. The molecule has 0 fully saturated rings. The first-order valence-electron chi connectivity index (χ1n) is 10.6. The molecule has 0 bridgehead atoms. The van der Waals surface area contributed by atoms with E-state index >= 15 is 0 Å². The molecule has 1 aromatic heterocycles. The lowest BCUT2D eigenvalue weighted by atomic mass is 9.96. The lowest BCUT2D eigenvalue weighted by molar-refractivity contribution is -0.121. The number of anilines is 1. The van der Waals surface area contributed by atoms with Gasteiger partial charge in [0.15, 0.2) is 0 Å². The molecular formula is C24H26FN5O2. The van der Waals surface area contributed by atoms with E-state index in [0.29, 0.717) is 24.2 Å². The van der Waals surface area contributed by atoms with Crippen molar-refractivity contribution in [3.8, 4) is 0 Å². The minimum atomic E-state index is -0.394. The summed E-state index contributed by atoms with van der Waals surface area (Å²) < 4.78 is 13.3. The van der Waals surface area contributed by atoms with E-state index in [1.54, 1.807) is 0 Å². The van der Waals surface area contributed by atoms with Gasteiger partial charge in [0.2, 0.25) is 17.8 Å². The smallest absolute Gasteiger partial charge is 0.252 e. The van der Waals surface area contributed by atoms with E-state index in [4.69, 9.17) is 0 Å². The molecule has 3 rings (SSSR count). The second-order valence-electron chi connectivity index (χ2n) is 7.26. The van der Waals surface area contributed by atoms with E-state index in [-0.39, 0.29) is 29.2 Å². The molecule has 32 heavy (non-hydrogen) atoms. The summed E-state index contributed by atoms with van der Waals surface area (Å²) in [5.74, 6) is -0.896. The average Bonchev–Trinajstić information content (AvgIpc) is 2.76. The van der Waals surface area contributed by atoms with Crippen LogP contribution in [0.1, 0.15) is 43.9 Å². The zero-order valence-electron chi connectivity index (χ0n) is 18.1. The van der Waals surface area contributed by atoms with Crippen molar-refractivity contribution in [2.45, 2.75) is 39.0 Å². The largest absolute Gasteiger partial charge is 0.326 e. The Morgan fingerprint density at radius 2 is 1.84 bits per heavy atom. The second-order valence-corrected chi connectivity index (χ2v) is 7.26. The Morgan fingerprint density at radius 1 is 1.12 bits per heavy atom. The van der Waals surface area contributed by atoms with E-state index in [1.807, 2.05) is 44.2 Å². The molecule has 3 aromatic rings. The zero-order valence-corrected chi connectivity index (χ0v) is 18.1. The molecule has 3 N–H and O–H groups in total. The van der Waals surface area contributed by atoms with Crippen LogP contribution in [0.2, 0.25) is 0 Å². The van der Waals surface area contributed by atoms with Crippen LogP contribution < -0.4 is 16.2 Å². The molecule has 7 nitrogen and oxygen atoms in total. The van der Waals surface area contributed by atoms with E-state index in [0.717, 1.165) is 12.0 Å². The number of aromatic nitrogens is 2. The highest BCUT2D eigenvalue weighted by atomic mass is 19.1. The number of nitrogens with one attached hydrogen (secondary N) is 3. The van der Waals surface area contributed by atoms with Crippen molar-refractivity contribution >= 4 is 23.5 Å². The number of guanidine groups is 1. The van der Waals surface area contributed by atoms with Crippen LogP contribution >= 0.6 is 0 Å². The summed E-state index contributed by atoms with van der Waals surface area (Å²) in [5.41, 5.74) is 1.68. The van der Waals surface area contributed by atoms with Gasteiger partial charge in [-0.25, -0.2) is 9.37 Å². The highest BCUT2D eigenvalue weighted by molar-refractivity contribution is 6.06. The summed E-state index contributed by atoms with van der Waals surface area (Å²) in [6.07, 6.45) is 2.04.